The largest absolute Gasteiger partial charge is 0.466 e. The molecule has 0 amide bonds. The molecule has 22 heavy (non-hydrogen) atoms. The summed E-state index contributed by atoms with van der Waals surface area (Å²) in [5.74, 6) is -0.617. The quantitative estimate of drug-likeness (QED) is 0.756. The van der Waals surface area contributed by atoms with Crippen LogP contribution in [0.3, 0.4) is 0 Å². The van der Waals surface area contributed by atoms with Crippen LogP contribution in [0.4, 0.5) is 0 Å². The minimum atomic E-state index is -0.711. The zero-order valence-electron chi connectivity index (χ0n) is 13.0. The van der Waals surface area contributed by atoms with Gasteiger partial charge in [0.2, 0.25) is 0 Å². The Balaban J connectivity index is 2.07. The number of carbonyl (C=O) groups excluding carboxylic acids is 2. The van der Waals surface area contributed by atoms with Crippen LogP contribution >= 0.6 is 0 Å². The van der Waals surface area contributed by atoms with Gasteiger partial charge in [-0.05, 0) is 37.8 Å². The number of rotatable bonds is 6. The Bertz CT molecular complexity index is 526. The zero-order chi connectivity index (χ0) is 15.9. The van der Waals surface area contributed by atoms with Crippen molar-refractivity contribution in [1.82, 2.24) is 0 Å². The molecule has 0 saturated heterocycles. The molecular formula is C17H22O5. The summed E-state index contributed by atoms with van der Waals surface area (Å²) in [6, 6.07) is 7.70. The Labute approximate surface area is 130 Å². The van der Waals surface area contributed by atoms with E-state index in [1.807, 2.05) is 24.3 Å². The van der Waals surface area contributed by atoms with Gasteiger partial charge in [0.05, 0.1) is 19.3 Å². The summed E-state index contributed by atoms with van der Waals surface area (Å²) >= 11 is 0. The average Bonchev–Trinajstić information content (AvgIpc) is 2.52. The number of carbonyl (C=O) groups is 2. The predicted octanol–water partition coefficient (Wildman–Crippen LogP) is 2.58. The molecule has 1 heterocycles. The first-order chi connectivity index (χ1) is 10.7. The van der Waals surface area contributed by atoms with Gasteiger partial charge in [0.15, 0.2) is 6.10 Å². The summed E-state index contributed by atoms with van der Waals surface area (Å²) in [5.41, 5.74) is 1.92. The predicted molar refractivity (Wildman–Crippen MR) is 80.3 cm³/mol. The van der Waals surface area contributed by atoms with Crippen LogP contribution in [0.2, 0.25) is 0 Å². The summed E-state index contributed by atoms with van der Waals surface area (Å²) in [6.07, 6.45) is 0.607. The Morgan fingerprint density at radius 2 is 1.91 bits per heavy atom. The van der Waals surface area contributed by atoms with E-state index in [1.165, 1.54) is 0 Å². The number of hydrogen-bond acceptors (Lipinski definition) is 5. The smallest absolute Gasteiger partial charge is 0.339 e. The maximum absolute atomic E-state index is 12.1. The van der Waals surface area contributed by atoms with Crippen LogP contribution < -0.4 is 0 Å². The highest BCUT2D eigenvalue weighted by molar-refractivity contribution is 5.77. The van der Waals surface area contributed by atoms with Crippen LogP contribution in [0.15, 0.2) is 24.3 Å². The molecule has 2 rings (SSSR count). The molecule has 0 N–H and O–H groups in total. The molecule has 1 aliphatic heterocycles. The third-order valence-corrected chi connectivity index (χ3v) is 3.59. The molecule has 0 radical (unpaired) electrons. The molecule has 1 aromatic rings. The molecule has 5 nitrogen and oxygen atoms in total. The minimum absolute atomic E-state index is 0.186. The first-order valence-electron chi connectivity index (χ1n) is 7.71. The summed E-state index contributed by atoms with van der Waals surface area (Å²) in [6.45, 7) is 4.24. The van der Waals surface area contributed by atoms with Gasteiger partial charge in [-0.3, -0.25) is 4.79 Å². The van der Waals surface area contributed by atoms with Crippen LogP contribution in [0, 0.1) is 0 Å². The fraction of sp³-hybridized carbons (Fsp3) is 0.529. The Morgan fingerprint density at radius 3 is 2.64 bits per heavy atom. The molecule has 0 spiro atoms. The van der Waals surface area contributed by atoms with Gasteiger partial charge >= 0.3 is 11.9 Å². The van der Waals surface area contributed by atoms with E-state index in [1.54, 1.807) is 13.8 Å². The number of hydrogen-bond donors (Lipinski definition) is 0. The molecule has 1 aliphatic rings. The molecule has 1 aromatic carbocycles. The van der Waals surface area contributed by atoms with Crippen molar-refractivity contribution < 1.29 is 23.8 Å². The lowest BCUT2D eigenvalue weighted by molar-refractivity contribution is -0.163. The van der Waals surface area contributed by atoms with Crippen molar-refractivity contribution in [3.8, 4) is 0 Å². The minimum Gasteiger partial charge on any atom is -0.466 e. The van der Waals surface area contributed by atoms with E-state index in [4.69, 9.17) is 14.2 Å². The third-order valence-electron chi connectivity index (χ3n) is 3.59. The molecule has 2 atom stereocenters. The van der Waals surface area contributed by atoms with Gasteiger partial charge in [0.25, 0.3) is 0 Å². The molecular weight excluding hydrogens is 284 g/mol. The topological polar surface area (TPSA) is 61.8 Å². The van der Waals surface area contributed by atoms with Crippen LogP contribution in [0.5, 0.6) is 0 Å². The molecule has 0 aromatic heterocycles. The van der Waals surface area contributed by atoms with Gasteiger partial charge < -0.3 is 14.2 Å². The SMILES string of the molecule is CCOC(=O)CCC1Cc2ccccc2C(C(=O)OCC)O1. The van der Waals surface area contributed by atoms with E-state index in [0.717, 1.165) is 11.1 Å². The van der Waals surface area contributed by atoms with Crippen molar-refractivity contribution in [3.05, 3.63) is 35.4 Å². The second-order valence-electron chi connectivity index (χ2n) is 5.14. The summed E-state index contributed by atoms with van der Waals surface area (Å²) in [4.78, 5) is 23.6. The third kappa shape index (κ3) is 4.07. The monoisotopic (exact) mass is 306 g/mol. The lowest BCUT2D eigenvalue weighted by Gasteiger charge is -2.30. The first-order valence-corrected chi connectivity index (χ1v) is 7.71. The highest BCUT2D eigenvalue weighted by atomic mass is 16.6. The van der Waals surface area contributed by atoms with Crippen LogP contribution in [-0.2, 0) is 30.2 Å². The van der Waals surface area contributed by atoms with Gasteiger partial charge in [-0.1, -0.05) is 24.3 Å². The van der Waals surface area contributed by atoms with Crippen molar-refractivity contribution in [2.45, 2.75) is 45.3 Å². The van der Waals surface area contributed by atoms with Gasteiger partial charge in [-0.15, -0.1) is 0 Å². The van der Waals surface area contributed by atoms with Crippen molar-refractivity contribution in [2.24, 2.45) is 0 Å². The Hall–Kier alpha value is -1.88. The lowest BCUT2D eigenvalue weighted by atomic mass is 9.92. The molecule has 2 unspecified atom stereocenters. The summed E-state index contributed by atoms with van der Waals surface area (Å²) in [5, 5.41) is 0. The second kappa shape index (κ2) is 7.94. The Kier molecular flexibility index (Phi) is 5.95. The van der Waals surface area contributed by atoms with Crippen molar-refractivity contribution in [2.75, 3.05) is 13.2 Å². The van der Waals surface area contributed by atoms with Crippen molar-refractivity contribution in [3.63, 3.8) is 0 Å². The summed E-state index contributed by atoms with van der Waals surface area (Å²) in [7, 11) is 0. The van der Waals surface area contributed by atoms with Gasteiger partial charge in [0, 0.05) is 6.42 Å². The Morgan fingerprint density at radius 1 is 1.18 bits per heavy atom. The van der Waals surface area contributed by atoms with Crippen LogP contribution in [-0.4, -0.2) is 31.3 Å². The second-order valence-corrected chi connectivity index (χ2v) is 5.14. The molecule has 0 saturated carbocycles. The standard InChI is InChI=1S/C17H22O5/c1-3-20-15(18)10-9-13-11-12-7-5-6-8-14(12)16(22-13)17(19)21-4-2/h5-8,13,16H,3-4,9-11H2,1-2H3. The first kappa shape index (κ1) is 16.5. The number of esters is 2. The fourth-order valence-corrected chi connectivity index (χ4v) is 2.62. The fourth-order valence-electron chi connectivity index (χ4n) is 2.62. The maximum atomic E-state index is 12.1. The lowest BCUT2D eigenvalue weighted by Crippen LogP contribution is -2.32. The van der Waals surface area contributed by atoms with Crippen molar-refractivity contribution >= 4 is 11.9 Å². The van der Waals surface area contributed by atoms with E-state index in [2.05, 4.69) is 0 Å². The number of fused-ring (bicyclic) bond motifs is 1. The highest BCUT2D eigenvalue weighted by Crippen LogP contribution is 2.32. The van der Waals surface area contributed by atoms with E-state index in [9.17, 15) is 9.59 Å². The normalized spacial score (nSPS) is 20.1. The number of benzene rings is 1. The van der Waals surface area contributed by atoms with E-state index in [0.29, 0.717) is 26.1 Å². The highest BCUT2D eigenvalue weighted by Gasteiger charge is 2.33. The van der Waals surface area contributed by atoms with Crippen molar-refractivity contribution in [1.29, 1.82) is 0 Å². The summed E-state index contributed by atoms with van der Waals surface area (Å²) < 4.78 is 15.9. The maximum Gasteiger partial charge on any atom is 0.339 e. The van der Waals surface area contributed by atoms with Gasteiger partial charge in [-0.25, -0.2) is 4.79 Å². The van der Waals surface area contributed by atoms with Gasteiger partial charge in [0.1, 0.15) is 0 Å². The molecule has 0 bridgehead atoms. The van der Waals surface area contributed by atoms with E-state index < -0.39 is 6.10 Å². The number of ether oxygens (including phenoxy) is 3. The molecule has 120 valence electrons. The van der Waals surface area contributed by atoms with Crippen LogP contribution in [0.25, 0.3) is 0 Å². The van der Waals surface area contributed by atoms with Gasteiger partial charge in [-0.2, -0.15) is 0 Å². The average molecular weight is 306 g/mol. The van der Waals surface area contributed by atoms with Crippen LogP contribution in [0.1, 0.15) is 43.9 Å². The molecule has 0 aliphatic carbocycles. The van der Waals surface area contributed by atoms with E-state index in [-0.39, 0.29) is 24.5 Å². The zero-order valence-corrected chi connectivity index (χ0v) is 13.0. The molecule has 5 heteroatoms. The molecule has 0 fully saturated rings. The van der Waals surface area contributed by atoms with E-state index >= 15 is 0 Å².